The smallest absolute Gasteiger partial charge is 0.329 e. The summed E-state index contributed by atoms with van der Waals surface area (Å²) in [6.07, 6.45) is 4.37. The van der Waals surface area contributed by atoms with Crippen molar-refractivity contribution in [3.8, 4) is 0 Å². The summed E-state index contributed by atoms with van der Waals surface area (Å²) >= 11 is 0. The van der Waals surface area contributed by atoms with Crippen molar-refractivity contribution < 1.29 is 4.92 Å². The van der Waals surface area contributed by atoms with Gasteiger partial charge in [-0.3, -0.25) is 10.1 Å². The molecule has 1 aliphatic rings. The summed E-state index contributed by atoms with van der Waals surface area (Å²) in [4.78, 5) is 20.8. The second-order valence-corrected chi connectivity index (χ2v) is 4.33. The Hall–Kier alpha value is -1.92. The average Bonchev–Trinajstić information content (AvgIpc) is 3.19. The molecule has 1 heterocycles. The first kappa shape index (κ1) is 12.5. The van der Waals surface area contributed by atoms with E-state index in [9.17, 15) is 10.1 Å². The number of hydrogen-bond donors (Lipinski definition) is 1. The van der Waals surface area contributed by atoms with Crippen LogP contribution < -0.4 is 10.2 Å². The van der Waals surface area contributed by atoms with E-state index in [4.69, 9.17) is 0 Å². The quantitative estimate of drug-likeness (QED) is 0.613. The number of nitro groups is 1. The van der Waals surface area contributed by atoms with Crippen LogP contribution in [0.25, 0.3) is 0 Å². The Balaban J connectivity index is 2.40. The highest BCUT2D eigenvalue weighted by Crippen LogP contribution is 2.35. The van der Waals surface area contributed by atoms with Crippen LogP contribution in [0.4, 0.5) is 17.5 Å². The van der Waals surface area contributed by atoms with E-state index < -0.39 is 4.92 Å². The van der Waals surface area contributed by atoms with Gasteiger partial charge in [0.25, 0.3) is 0 Å². The summed E-state index contributed by atoms with van der Waals surface area (Å²) in [5.41, 5.74) is -0.0191. The molecule has 0 unspecified atom stereocenters. The fourth-order valence-corrected chi connectivity index (χ4v) is 1.92. The molecule has 7 nitrogen and oxygen atoms in total. The molecular formula is C11H17N5O2. The minimum absolute atomic E-state index is 0.0191. The zero-order valence-corrected chi connectivity index (χ0v) is 10.6. The maximum atomic E-state index is 11.1. The number of hydrogen-bond acceptors (Lipinski definition) is 6. The van der Waals surface area contributed by atoms with Gasteiger partial charge >= 0.3 is 5.69 Å². The molecule has 1 fully saturated rings. The van der Waals surface area contributed by atoms with Gasteiger partial charge in [-0.1, -0.05) is 6.92 Å². The molecule has 1 aromatic rings. The third kappa shape index (κ3) is 2.49. The molecule has 0 saturated heterocycles. The predicted molar refractivity (Wildman–Crippen MR) is 68.9 cm³/mol. The summed E-state index contributed by atoms with van der Waals surface area (Å²) in [5.74, 6) is 0.848. The SMILES string of the molecule is CCCN(c1nc(NC)ncc1[N+](=O)[O-])C1CC1. The summed E-state index contributed by atoms with van der Waals surface area (Å²) in [5, 5.41) is 13.9. The molecular weight excluding hydrogens is 234 g/mol. The minimum Gasteiger partial charge on any atom is -0.357 e. The van der Waals surface area contributed by atoms with Gasteiger partial charge < -0.3 is 10.2 Å². The zero-order valence-electron chi connectivity index (χ0n) is 10.6. The van der Waals surface area contributed by atoms with E-state index in [2.05, 4.69) is 22.2 Å². The Morgan fingerprint density at radius 3 is 2.83 bits per heavy atom. The van der Waals surface area contributed by atoms with Gasteiger partial charge in [0.15, 0.2) is 0 Å². The predicted octanol–water partition coefficient (Wildman–Crippen LogP) is 1.81. The molecule has 0 aliphatic heterocycles. The first-order valence-electron chi connectivity index (χ1n) is 6.13. The molecule has 2 rings (SSSR count). The molecule has 7 heteroatoms. The lowest BCUT2D eigenvalue weighted by Crippen LogP contribution is -2.28. The molecule has 0 bridgehead atoms. The number of nitrogens with zero attached hydrogens (tertiary/aromatic N) is 4. The Morgan fingerprint density at radius 1 is 1.61 bits per heavy atom. The normalized spacial score (nSPS) is 14.3. The molecule has 0 radical (unpaired) electrons. The van der Waals surface area contributed by atoms with E-state index in [1.807, 2.05) is 4.90 Å². The molecule has 0 amide bonds. The zero-order chi connectivity index (χ0) is 13.1. The minimum atomic E-state index is -0.417. The summed E-state index contributed by atoms with van der Waals surface area (Å²) in [6, 6.07) is 0.392. The van der Waals surface area contributed by atoms with Crippen LogP contribution in [0, 0.1) is 10.1 Å². The molecule has 98 valence electrons. The summed E-state index contributed by atoms with van der Waals surface area (Å²) in [7, 11) is 1.70. The highest BCUT2D eigenvalue weighted by molar-refractivity contribution is 5.60. The lowest BCUT2D eigenvalue weighted by molar-refractivity contribution is -0.384. The highest BCUT2D eigenvalue weighted by Gasteiger charge is 2.34. The number of nitrogens with one attached hydrogen (secondary N) is 1. The second-order valence-electron chi connectivity index (χ2n) is 4.33. The van der Waals surface area contributed by atoms with Crippen molar-refractivity contribution in [1.29, 1.82) is 0 Å². The first-order chi connectivity index (χ1) is 8.67. The van der Waals surface area contributed by atoms with Crippen LogP contribution in [0.15, 0.2) is 6.20 Å². The number of rotatable bonds is 6. The van der Waals surface area contributed by atoms with Gasteiger partial charge in [0, 0.05) is 19.6 Å². The van der Waals surface area contributed by atoms with Gasteiger partial charge in [-0.05, 0) is 19.3 Å². The summed E-state index contributed by atoms with van der Waals surface area (Å²) < 4.78 is 0. The van der Waals surface area contributed by atoms with Crippen LogP contribution in [-0.4, -0.2) is 34.5 Å². The number of aromatic nitrogens is 2. The Kier molecular flexibility index (Phi) is 3.59. The van der Waals surface area contributed by atoms with Crippen LogP contribution in [0.3, 0.4) is 0 Å². The van der Waals surface area contributed by atoms with Gasteiger partial charge in [-0.2, -0.15) is 4.98 Å². The van der Waals surface area contributed by atoms with Crippen molar-refractivity contribution in [2.24, 2.45) is 0 Å². The van der Waals surface area contributed by atoms with E-state index in [0.717, 1.165) is 25.8 Å². The van der Waals surface area contributed by atoms with Crippen LogP contribution >= 0.6 is 0 Å². The van der Waals surface area contributed by atoms with Crippen molar-refractivity contribution in [2.75, 3.05) is 23.8 Å². The maximum absolute atomic E-state index is 11.1. The third-order valence-electron chi connectivity index (χ3n) is 2.89. The lowest BCUT2D eigenvalue weighted by atomic mass is 10.3. The number of anilines is 2. The van der Waals surface area contributed by atoms with Gasteiger partial charge in [0.2, 0.25) is 11.8 Å². The van der Waals surface area contributed by atoms with E-state index in [-0.39, 0.29) is 5.69 Å². The monoisotopic (exact) mass is 251 g/mol. The van der Waals surface area contributed by atoms with Gasteiger partial charge in [-0.15, -0.1) is 0 Å². The van der Waals surface area contributed by atoms with E-state index >= 15 is 0 Å². The molecule has 0 spiro atoms. The van der Waals surface area contributed by atoms with Crippen molar-refractivity contribution in [3.05, 3.63) is 16.3 Å². The van der Waals surface area contributed by atoms with Crippen LogP contribution in [0.2, 0.25) is 0 Å². The Bertz CT molecular complexity index is 447. The molecule has 0 atom stereocenters. The molecule has 1 aliphatic carbocycles. The van der Waals surface area contributed by atoms with Crippen molar-refractivity contribution in [2.45, 2.75) is 32.2 Å². The topological polar surface area (TPSA) is 84.2 Å². The largest absolute Gasteiger partial charge is 0.357 e. The van der Waals surface area contributed by atoms with Gasteiger partial charge in [0.1, 0.15) is 6.20 Å². The van der Waals surface area contributed by atoms with Crippen LogP contribution in [0.5, 0.6) is 0 Å². The Morgan fingerprint density at radius 2 is 2.33 bits per heavy atom. The van der Waals surface area contributed by atoms with E-state index in [1.54, 1.807) is 7.05 Å². The molecule has 18 heavy (non-hydrogen) atoms. The molecule has 1 aromatic heterocycles. The van der Waals surface area contributed by atoms with Crippen LogP contribution in [0.1, 0.15) is 26.2 Å². The second kappa shape index (κ2) is 5.16. The van der Waals surface area contributed by atoms with Crippen molar-refractivity contribution in [3.63, 3.8) is 0 Å². The highest BCUT2D eigenvalue weighted by atomic mass is 16.6. The van der Waals surface area contributed by atoms with E-state index in [0.29, 0.717) is 17.8 Å². The standard InChI is InChI=1S/C11H17N5O2/c1-3-6-15(8-4-5-8)10-9(16(17)18)7-13-11(12-2)14-10/h7-8H,3-6H2,1-2H3,(H,12,13,14). The molecule has 0 aromatic carbocycles. The van der Waals surface area contributed by atoms with Crippen molar-refractivity contribution in [1.82, 2.24) is 9.97 Å². The third-order valence-corrected chi connectivity index (χ3v) is 2.89. The fourth-order valence-electron chi connectivity index (χ4n) is 1.92. The lowest BCUT2D eigenvalue weighted by Gasteiger charge is -2.22. The fraction of sp³-hybridized carbons (Fsp3) is 0.636. The maximum Gasteiger partial charge on any atom is 0.329 e. The molecule has 1 N–H and O–H groups in total. The van der Waals surface area contributed by atoms with Crippen LogP contribution in [-0.2, 0) is 0 Å². The van der Waals surface area contributed by atoms with Gasteiger partial charge in [-0.25, -0.2) is 4.98 Å². The summed E-state index contributed by atoms with van der Waals surface area (Å²) in [6.45, 7) is 2.84. The van der Waals surface area contributed by atoms with Gasteiger partial charge in [0.05, 0.1) is 4.92 Å². The van der Waals surface area contributed by atoms with Crippen molar-refractivity contribution >= 4 is 17.5 Å². The van der Waals surface area contributed by atoms with E-state index in [1.165, 1.54) is 6.20 Å². The molecule has 1 saturated carbocycles. The first-order valence-corrected chi connectivity index (χ1v) is 6.13. The Labute approximate surface area is 105 Å². The average molecular weight is 251 g/mol.